The minimum Gasteiger partial charge on any atom is -0.497 e. The Labute approximate surface area is 184 Å². The Bertz CT molecular complexity index is 810. The first kappa shape index (κ1) is 22.4. The van der Waals surface area contributed by atoms with Gasteiger partial charge in [0.2, 0.25) is 0 Å². The molecule has 3 aromatic rings. The summed E-state index contributed by atoms with van der Waals surface area (Å²) in [6.07, 6.45) is 7.27. The van der Waals surface area contributed by atoms with Gasteiger partial charge in [-0.25, -0.2) is 0 Å². The fraction of sp³-hybridized carbons (Fsp3) is 0.385. The second kappa shape index (κ2) is 13.1. The van der Waals surface area contributed by atoms with Crippen LogP contribution in [-0.4, -0.2) is 20.3 Å². The fourth-order valence-electron chi connectivity index (χ4n) is 3.30. The van der Waals surface area contributed by atoms with Gasteiger partial charge in [0.15, 0.2) is 0 Å². The zero-order valence-corrected chi connectivity index (χ0v) is 18.7. The number of thiophene rings is 1. The summed E-state index contributed by atoms with van der Waals surface area (Å²) in [4.78, 5) is 0. The van der Waals surface area contributed by atoms with Crippen LogP contribution >= 0.6 is 11.3 Å². The van der Waals surface area contributed by atoms with Crippen LogP contribution in [0.3, 0.4) is 0 Å². The van der Waals surface area contributed by atoms with Crippen molar-refractivity contribution in [3.8, 4) is 22.6 Å². The predicted molar refractivity (Wildman–Crippen MR) is 126 cm³/mol. The van der Waals surface area contributed by atoms with E-state index in [1.54, 1.807) is 18.4 Å². The van der Waals surface area contributed by atoms with Gasteiger partial charge in [-0.05, 0) is 70.6 Å². The standard InChI is InChI=1S/C26H32O3S/c1-27-25-12-8-23(9-13-25)24-10-14-26(15-11-24)29-18-7-5-3-2-4-6-17-28-20-22-16-19-30-21-22/h8-16,19,21H,2-7,17-18,20H2,1H3. The number of hydrogen-bond donors (Lipinski definition) is 0. The van der Waals surface area contributed by atoms with Gasteiger partial charge in [0.1, 0.15) is 11.5 Å². The summed E-state index contributed by atoms with van der Waals surface area (Å²) in [6, 6.07) is 18.6. The molecule has 0 fully saturated rings. The van der Waals surface area contributed by atoms with Crippen LogP contribution in [0.1, 0.15) is 44.1 Å². The molecule has 0 radical (unpaired) electrons. The molecule has 1 aromatic heterocycles. The Morgan fingerprint density at radius 1 is 0.667 bits per heavy atom. The predicted octanol–water partition coefficient (Wildman–Crippen LogP) is 7.36. The van der Waals surface area contributed by atoms with Gasteiger partial charge < -0.3 is 14.2 Å². The van der Waals surface area contributed by atoms with Crippen LogP contribution in [0.2, 0.25) is 0 Å². The molecule has 0 saturated carbocycles. The van der Waals surface area contributed by atoms with Crippen molar-refractivity contribution in [3.05, 3.63) is 70.9 Å². The van der Waals surface area contributed by atoms with Crippen molar-refractivity contribution < 1.29 is 14.2 Å². The molecule has 30 heavy (non-hydrogen) atoms. The monoisotopic (exact) mass is 424 g/mol. The smallest absolute Gasteiger partial charge is 0.119 e. The lowest BCUT2D eigenvalue weighted by Crippen LogP contribution is -1.97. The number of benzene rings is 2. The molecule has 0 bridgehead atoms. The Balaban J connectivity index is 1.20. The van der Waals surface area contributed by atoms with Gasteiger partial charge in [-0.15, -0.1) is 0 Å². The first-order valence-corrected chi connectivity index (χ1v) is 11.8. The molecule has 160 valence electrons. The average Bonchev–Trinajstić information content (AvgIpc) is 3.31. The van der Waals surface area contributed by atoms with E-state index in [0.29, 0.717) is 0 Å². The summed E-state index contributed by atoms with van der Waals surface area (Å²) in [6.45, 7) is 2.40. The third-order valence-electron chi connectivity index (χ3n) is 5.08. The van der Waals surface area contributed by atoms with E-state index in [1.807, 2.05) is 12.1 Å². The van der Waals surface area contributed by atoms with E-state index in [4.69, 9.17) is 14.2 Å². The quantitative estimate of drug-likeness (QED) is 0.253. The Morgan fingerprint density at radius 2 is 1.27 bits per heavy atom. The van der Waals surface area contributed by atoms with E-state index in [2.05, 4.69) is 53.2 Å². The van der Waals surface area contributed by atoms with E-state index in [1.165, 1.54) is 42.4 Å². The van der Waals surface area contributed by atoms with Gasteiger partial charge in [0.25, 0.3) is 0 Å². The highest BCUT2D eigenvalue weighted by Crippen LogP contribution is 2.24. The summed E-state index contributed by atoms with van der Waals surface area (Å²) >= 11 is 1.73. The Hall–Kier alpha value is -2.30. The molecule has 3 rings (SSSR count). The van der Waals surface area contributed by atoms with Gasteiger partial charge in [-0.2, -0.15) is 11.3 Å². The van der Waals surface area contributed by atoms with Gasteiger partial charge in [-0.3, -0.25) is 0 Å². The summed E-state index contributed by atoms with van der Waals surface area (Å²) in [5.41, 5.74) is 3.65. The number of ether oxygens (including phenoxy) is 3. The lowest BCUT2D eigenvalue weighted by molar-refractivity contribution is 0.117. The highest BCUT2D eigenvalue weighted by atomic mass is 32.1. The van der Waals surface area contributed by atoms with Crippen molar-refractivity contribution in [2.45, 2.75) is 45.1 Å². The van der Waals surface area contributed by atoms with Gasteiger partial charge >= 0.3 is 0 Å². The molecule has 0 unspecified atom stereocenters. The molecule has 0 atom stereocenters. The highest BCUT2D eigenvalue weighted by molar-refractivity contribution is 7.07. The number of rotatable bonds is 14. The van der Waals surface area contributed by atoms with Crippen LogP contribution in [0.5, 0.6) is 11.5 Å². The second-order valence-corrected chi connectivity index (χ2v) is 8.19. The van der Waals surface area contributed by atoms with Gasteiger partial charge in [-0.1, -0.05) is 49.9 Å². The zero-order valence-electron chi connectivity index (χ0n) is 17.8. The number of methoxy groups -OCH3 is 1. The van der Waals surface area contributed by atoms with Gasteiger partial charge in [0, 0.05) is 6.61 Å². The highest BCUT2D eigenvalue weighted by Gasteiger charge is 2.00. The first-order valence-electron chi connectivity index (χ1n) is 10.8. The topological polar surface area (TPSA) is 27.7 Å². The summed E-state index contributed by atoms with van der Waals surface area (Å²) < 4.78 is 16.8. The van der Waals surface area contributed by atoms with Gasteiger partial charge in [0.05, 0.1) is 20.3 Å². The molecule has 0 saturated heterocycles. The fourth-order valence-corrected chi connectivity index (χ4v) is 3.95. The van der Waals surface area contributed by atoms with E-state index < -0.39 is 0 Å². The minimum atomic E-state index is 0.752. The van der Waals surface area contributed by atoms with E-state index in [0.717, 1.165) is 44.2 Å². The Kier molecular flexibility index (Phi) is 9.77. The van der Waals surface area contributed by atoms with E-state index in [9.17, 15) is 0 Å². The zero-order chi connectivity index (χ0) is 20.9. The third kappa shape index (κ3) is 7.85. The lowest BCUT2D eigenvalue weighted by Gasteiger charge is -2.08. The molecular formula is C26H32O3S. The van der Waals surface area contributed by atoms with E-state index >= 15 is 0 Å². The van der Waals surface area contributed by atoms with Crippen LogP contribution in [0, 0.1) is 0 Å². The maximum atomic E-state index is 5.89. The molecule has 0 amide bonds. The summed E-state index contributed by atoms with van der Waals surface area (Å²) in [5.74, 6) is 1.82. The second-order valence-electron chi connectivity index (χ2n) is 7.41. The average molecular weight is 425 g/mol. The van der Waals surface area contributed by atoms with Crippen LogP contribution < -0.4 is 9.47 Å². The van der Waals surface area contributed by atoms with Crippen molar-refractivity contribution in [2.24, 2.45) is 0 Å². The van der Waals surface area contributed by atoms with Crippen LogP contribution in [-0.2, 0) is 11.3 Å². The molecule has 0 N–H and O–H groups in total. The molecule has 0 aliphatic rings. The summed E-state index contributed by atoms with van der Waals surface area (Å²) in [7, 11) is 1.69. The molecule has 0 aliphatic carbocycles. The van der Waals surface area contributed by atoms with E-state index in [-0.39, 0.29) is 0 Å². The minimum absolute atomic E-state index is 0.752. The van der Waals surface area contributed by atoms with Crippen molar-refractivity contribution in [3.63, 3.8) is 0 Å². The SMILES string of the molecule is COc1ccc(-c2ccc(OCCCCCCCCOCc3ccsc3)cc2)cc1. The summed E-state index contributed by atoms with van der Waals surface area (Å²) in [5, 5.41) is 4.25. The molecular weight excluding hydrogens is 392 g/mol. The number of hydrogen-bond acceptors (Lipinski definition) is 4. The Morgan fingerprint density at radius 3 is 1.87 bits per heavy atom. The molecule has 0 spiro atoms. The number of unbranched alkanes of at least 4 members (excludes halogenated alkanes) is 5. The normalized spacial score (nSPS) is 10.8. The first-order chi connectivity index (χ1) is 14.8. The molecule has 4 heteroatoms. The third-order valence-corrected chi connectivity index (χ3v) is 5.81. The van der Waals surface area contributed by atoms with Crippen molar-refractivity contribution >= 4 is 11.3 Å². The van der Waals surface area contributed by atoms with Crippen molar-refractivity contribution in [2.75, 3.05) is 20.3 Å². The van der Waals surface area contributed by atoms with Crippen LogP contribution in [0.15, 0.2) is 65.4 Å². The van der Waals surface area contributed by atoms with Crippen LogP contribution in [0.4, 0.5) is 0 Å². The van der Waals surface area contributed by atoms with Crippen molar-refractivity contribution in [1.29, 1.82) is 0 Å². The lowest BCUT2D eigenvalue weighted by atomic mass is 10.1. The largest absolute Gasteiger partial charge is 0.497 e. The molecule has 1 heterocycles. The van der Waals surface area contributed by atoms with Crippen molar-refractivity contribution in [1.82, 2.24) is 0 Å². The molecule has 0 aliphatic heterocycles. The van der Waals surface area contributed by atoms with Crippen LogP contribution in [0.25, 0.3) is 11.1 Å². The maximum absolute atomic E-state index is 5.89. The molecule has 2 aromatic carbocycles. The molecule has 3 nitrogen and oxygen atoms in total. The maximum Gasteiger partial charge on any atom is 0.119 e.